The molecule has 9 nitrogen and oxygen atoms in total. The van der Waals surface area contributed by atoms with Crippen LogP contribution in [0.25, 0.3) is 16.8 Å². The second kappa shape index (κ2) is 12.9. The quantitative estimate of drug-likeness (QED) is 0.230. The molecule has 2 aliphatic rings. The number of aromatic nitrogens is 5. The molecule has 12 heteroatoms. The third kappa shape index (κ3) is 7.12. The van der Waals surface area contributed by atoms with Crippen LogP contribution in [-0.4, -0.2) is 72.8 Å². The summed E-state index contributed by atoms with van der Waals surface area (Å²) in [6.45, 7) is 6.40. The number of nitrogens with zero attached hydrogens (tertiary/aromatic N) is 7. The van der Waals surface area contributed by atoms with Crippen LogP contribution < -0.4 is 5.32 Å². The highest BCUT2D eigenvalue weighted by Crippen LogP contribution is 2.35. The summed E-state index contributed by atoms with van der Waals surface area (Å²) < 4.78 is 46.1. The van der Waals surface area contributed by atoms with Crippen LogP contribution in [0.4, 0.5) is 18.9 Å². The fourth-order valence-corrected chi connectivity index (χ4v) is 6.03. The van der Waals surface area contributed by atoms with E-state index in [1.165, 1.54) is 25.0 Å². The zero-order valence-corrected chi connectivity index (χ0v) is 26.8. The predicted molar refractivity (Wildman–Crippen MR) is 176 cm³/mol. The lowest BCUT2D eigenvalue weighted by atomic mass is 10.0. The Balaban J connectivity index is 1.06. The minimum Gasteiger partial charge on any atom is -0.322 e. The highest BCUT2D eigenvalue weighted by atomic mass is 19.4. The van der Waals surface area contributed by atoms with Gasteiger partial charge in [-0.2, -0.15) is 18.3 Å². The fraction of sp³-hybridized carbons (Fsp3) is 0.333. The van der Waals surface area contributed by atoms with E-state index in [9.17, 15) is 18.0 Å². The van der Waals surface area contributed by atoms with Gasteiger partial charge in [-0.25, -0.2) is 0 Å². The van der Waals surface area contributed by atoms with E-state index >= 15 is 0 Å². The summed E-state index contributed by atoms with van der Waals surface area (Å²) in [4.78, 5) is 17.7. The van der Waals surface area contributed by atoms with Crippen molar-refractivity contribution in [3.63, 3.8) is 0 Å². The Morgan fingerprint density at radius 1 is 0.938 bits per heavy atom. The number of carbonyl (C=O) groups excluding carboxylic acids is 1. The molecule has 246 valence electrons. The topological polar surface area (TPSA) is 83.6 Å². The molecular formula is C36H35F3N8O. The number of alkyl halides is 3. The first-order valence-corrected chi connectivity index (χ1v) is 16.0. The van der Waals surface area contributed by atoms with Crippen molar-refractivity contribution in [1.82, 2.24) is 34.2 Å². The first-order chi connectivity index (χ1) is 23.1. The van der Waals surface area contributed by atoms with Gasteiger partial charge in [-0.15, -0.1) is 10.2 Å². The summed E-state index contributed by atoms with van der Waals surface area (Å²) in [5, 5.41) is 15.3. The Morgan fingerprint density at radius 2 is 1.73 bits per heavy atom. The molecule has 1 saturated carbocycles. The second-order valence-corrected chi connectivity index (χ2v) is 12.7. The maximum absolute atomic E-state index is 14.2. The normalized spacial score (nSPS) is 15.8. The maximum atomic E-state index is 14.2. The van der Waals surface area contributed by atoms with E-state index < -0.39 is 17.6 Å². The van der Waals surface area contributed by atoms with Gasteiger partial charge in [0, 0.05) is 86.7 Å². The van der Waals surface area contributed by atoms with Crippen LogP contribution in [0.15, 0.2) is 67.1 Å². The summed E-state index contributed by atoms with van der Waals surface area (Å²) >= 11 is 0. The largest absolute Gasteiger partial charge is 0.416 e. The van der Waals surface area contributed by atoms with E-state index in [2.05, 4.69) is 42.3 Å². The fourth-order valence-electron chi connectivity index (χ4n) is 6.03. The van der Waals surface area contributed by atoms with Gasteiger partial charge in [0.25, 0.3) is 5.91 Å². The molecule has 1 saturated heterocycles. The van der Waals surface area contributed by atoms with Gasteiger partial charge < -0.3 is 10.2 Å². The van der Waals surface area contributed by atoms with Gasteiger partial charge in [0.1, 0.15) is 0 Å². The van der Waals surface area contributed by atoms with Crippen molar-refractivity contribution < 1.29 is 18.0 Å². The number of fused-ring (bicyclic) bond motifs is 1. The van der Waals surface area contributed by atoms with Gasteiger partial charge in [-0.05, 0) is 79.1 Å². The Bertz CT molecular complexity index is 2040. The number of amides is 1. The van der Waals surface area contributed by atoms with Gasteiger partial charge in [0.2, 0.25) is 5.82 Å². The van der Waals surface area contributed by atoms with Crippen molar-refractivity contribution in [2.24, 2.45) is 13.0 Å². The summed E-state index contributed by atoms with van der Waals surface area (Å²) in [5.41, 5.74) is 3.75. The van der Waals surface area contributed by atoms with Gasteiger partial charge in [0.05, 0.1) is 11.8 Å². The zero-order chi connectivity index (χ0) is 33.4. The number of pyridine rings is 1. The number of aryl methyl sites for hydroxylation is 2. The van der Waals surface area contributed by atoms with Gasteiger partial charge in [-0.1, -0.05) is 18.1 Å². The van der Waals surface area contributed by atoms with Crippen LogP contribution in [0, 0.1) is 24.7 Å². The highest BCUT2D eigenvalue weighted by Gasteiger charge is 2.34. The molecule has 3 aromatic heterocycles. The number of benzene rings is 2. The lowest BCUT2D eigenvalue weighted by Gasteiger charge is -2.35. The SMILES string of the molecule is Cc1ccc(C(=O)Nc2ccc(CN3CCN(CC4CC4)CC3)c(C(F)(F)F)c2)cc1C#Cc1nnc2ccc(-c3cnn(C)c3)cn12. The Morgan fingerprint density at radius 3 is 2.46 bits per heavy atom. The molecule has 1 aliphatic heterocycles. The van der Waals surface area contributed by atoms with Crippen LogP contribution in [0.3, 0.4) is 0 Å². The molecule has 2 aromatic carbocycles. The zero-order valence-electron chi connectivity index (χ0n) is 26.8. The van der Waals surface area contributed by atoms with Crippen LogP contribution in [0.5, 0.6) is 0 Å². The van der Waals surface area contributed by atoms with Crippen molar-refractivity contribution in [3.05, 3.63) is 101 Å². The molecule has 0 radical (unpaired) electrons. The van der Waals surface area contributed by atoms with Crippen LogP contribution >= 0.6 is 0 Å². The maximum Gasteiger partial charge on any atom is 0.416 e. The standard InChI is InChI=1S/C36H35F3N8O/c1-24-3-6-27(17-26(24)8-11-33-42-43-34-12-9-28(23-47(33)34)30-19-40-44(2)21-30)35(48)41-31-10-7-29(32(18-31)36(37,38)39)22-46-15-13-45(14-16-46)20-25-4-5-25/h3,6-7,9-10,12,17-19,21,23,25H,4-5,13-16,20,22H2,1-2H3,(H,41,48). The monoisotopic (exact) mass is 652 g/mol. The Labute approximate surface area is 276 Å². The summed E-state index contributed by atoms with van der Waals surface area (Å²) in [6, 6.07) is 12.9. The lowest BCUT2D eigenvalue weighted by Crippen LogP contribution is -2.46. The highest BCUT2D eigenvalue weighted by molar-refractivity contribution is 6.04. The smallest absolute Gasteiger partial charge is 0.322 e. The molecule has 48 heavy (non-hydrogen) atoms. The minimum atomic E-state index is -4.55. The van der Waals surface area contributed by atoms with E-state index in [1.807, 2.05) is 38.5 Å². The van der Waals surface area contributed by atoms with Crippen LogP contribution in [0.1, 0.15) is 51.3 Å². The number of halogens is 3. The first-order valence-electron chi connectivity index (χ1n) is 16.0. The van der Waals surface area contributed by atoms with E-state index in [1.54, 1.807) is 33.5 Å². The van der Waals surface area contributed by atoms with E-state index in [-0.39, 0.29) is 23.4 Å². The van der Waals surface area contributed by atoms with E-state index in [0.29, 0.717) is 17.0 Å². The van der Waals surface area contributed by atoms with Crippen molar-refractivity contribution in [2.75, 3.05) is 38.0 Å². The molecule has 0 unspecified atom stereocenters. The van der Waals surface area contributed by atoms with Crippen molar-refractivity contribution >= 4 is 17.2 Å². The van der Waals surface area contributed by atoms with Gasteiger partial charge >= 0.3 is 6.18 Å². The molecule has 0 bridgehead atoms. The Kier molecular flexibility index (Phi) is 8.49. The second-order valence-electron chi connectivity index (χ2n) is 12.7. The van der Waals surface area contributed by atoms with Crippen molar-refractivity contribution in [2.45, 2.75) is 32.5 Å². The van der Waals surface area contributed by atoms with Gasteiger partial charge in [0.15, 0.2) is 5.65 Å². The molecule has 1 aliphatic carbocycles. The number of rotatable bonds is 7. The minimum absolute atomic E-state index is 0.0814. The molecule has 0 spiro atoms. The molecule has 1 amide bonds. The third-order valence-electron chi connectivity index (χ3n) is 8.99. The molecule has 1 N–H and O–H groups in total. The van der Waals surface area contributed by atoms with Crippen molar-refractivity contribution in [1.29, 1.82) is 0 Å². The molecule has 2 fully saturated rings. The van der Waals surface area contributed by atoms with E-state index in [0.717, 1.165) is 61.4 Å². The third-order valence-corrected chi connectivity index (χ3v) is 8.99. The van der Waals surface area contributed by atoms with Crippen LogP contribution in [0.2, 0.25) is 0 Å². The van der Waals surface area contributed by atoms with Crippen molar-refractivity contribution in [3.8, 4) is 23.0 Å². The number of hydrogen-bond donors (Lipinski definition) is 1. The average molecular weight is 653 g/mol. The summed E-state index contributed by atoms with van der Waals surface area (Å²) in [5.74, 6) is 6.84. The predicted octanol–water partition coefficient (Wildman–Crippen LogP) is 5.64. The molecule has 5 aromatic rings. The first kappa shape index (κ1) is 31.6. The average Bonchev–Trinajstić information content (AvgIpc) is 3.62. The summed E-state index contributed by atoms with van der Waals surface area (Å²) in [7, 11) is 1.85. The molecule has 4 heterocycles. The van der Waals surface area contributed by atoms with Gasteiger partial charge in [-0.3, -0.25) is 18.8 Å². The molecule has 7 rings (SSSR count). The number of hydrogen-bond acceptors (Lipinski definition) is 6. The lowest BCUT2D eigenvalue weighted by molar-refractivity contribution is -0.138. The van der Waals surface area contributed by atoms with E-state index in [4.69, 9.17) is 0 Å². The Hall–Kier alpha value is -4.99. The molecular weight excluding hydrogens is 617 g/mol. The number of nitrogens with one attached hydrogen (secondary N) is 1. The van der Waals surface area contributed by atoms with Crippen LogP contribution in [-0.2, 0) is 19.8 Å². The number of anilines is 1. The summed E-state index contributed by atoms with van der Waals surface area (Å²) in [6.07, 6.45) is 3.59. The number of carbonyl (C=O) groups is 1. The molecule has 0 atom stereocenters. The number of piperazine rings is 1.